The number of para-hydroxylation sites is 2. The summed E-state index contributed by atoms with van der Waals surface area (Å²) in [6.45, 7) is 7.03. The molecule has 3 rings (SSSR count). The number of benzene rings is 2. The summed E-state index contributed by atoms with van der Waals surface area (Å²) in [6, 6.07) is 17.9. The van der Waals surface area contributed by atoms with Crippen LogP contribution < -0.4 is 10.2 Å². The zero-order valence-electron chi connectivity index (χ0n) is 16.0. The van der Waals surface area contributed by atoms with Crippen LogP contribution in [0.25, 0.3) is 0 Å². The average molecular weight is 365 g/mol. The van der Waals surface area contributed by atoms with Gasteiger partial charge in [0.05, 0.1) is 0 Å². The molecule has 2 aromatic carbocycles. The van der Waals surface area contributed by atoms with Crippen molar-refractivity contribution in [3.05, 3.63) is 60.2 Å². The Bertz CT molecular complexity index is 781. The minimum absolute atomic E-state index is 0.109. The molecule has 5 nitrogen and oxygen atoms in total. The van der Waals surface area contributed by atoms with E-state index >= 15 is 0 Å². The normalized spacial score (nSPS) is 14.3. The van der Waals surface area contributed by atoms with Crippen molar-refractivity contribution in [1.82, 2.24) is 4.90 Å². The lowest BCUT2D eigenvalue weighted by atomic mass is 10.0. The Labute approximate surface area is 161 Å². The van der Waals surface area contributed by atoms with E-state index in [1.165, 1.54) is 5.69 Å². The van der Waals surface area contributed by atoms with Crippen LogP contribution in [0.3, 0.4) is 0 Å². The van der Waals surface area contributed by atoms with Gasteiger partial charge in [-0.25, -0.2) is 0 Å². The number of rotatable bonds is 5. The van der Waals surface area contributed by atoms with E-state index in [2.05, 4.69) is 36.2 Å². The minimum atomic E-state index is -0.251. The van der Waals surface area contributed by atoms with Gasteiger partial charge in [0.15, 0.2) is 0 Å². The highest BCUT2D eigenvalue weighted by molar-refractivity contribution is 6.04. The summed E-state index contributed by atoms with van der Waals surface area (Å²) >= 11 is 0. The van der Waals surface area contributed by atoms with E-state index in [-0.39, 0.29) is 18.2 Å². The molecule has 0 saturated carbocycles. The maximum Gasteiger partial charge on any atom is 0.233 e. The molecule has 0 atom stereocenters. The third-order valence-electron chi connectivity index (χ3n) is 4.92. The van der Waals surface area contributed by atoms with E-state index in [1.54, 1.807) is 4.90 Å². The second-order valence-electron chi connectivity index (χ2n) is 7.17. The molecule has 1 heterocycles. The Balaban J connectivity index is 1.52. The van der Waals surface area contributed by atoms with Gasteiger partial charge in [-0.1, -0.05) is 50.2 Å². The van der Waals surface area contributed by atoms with E-state index in [1.807, 2.05) is 42.5 Å². The molecule has 0 unspecified atom stereocenters. The molecule has 2 aromatic rings. The first kappa shape index (κ1) is 19.0. The largest absolute Gasteiger partial charge is 0.368 e. The summed E-state index contributed by atoms with van der Waals surface area (Å²) in [6.07, 6.45) is -0.113. The zero-order valence-corrected chi connectivity index (χ0v) is 16.0. The lowest BCUT2D eigenvalue weighted by Gasteiger charge is -2.36. The van der Waals surface area contributed by atoms with Crippen molar-refractivity contribution in [3.8, 4) is 0 Å². The molecule has 1 aliphatic rings. The number of amides is 2. The van der Waals surface area contributed by atoms with Crippen molar-refractivity contribution in [2.45, 2.75) is 26.2 Å². The second kappa shape index (κ2) is 8.71. The van der Waals surface area contributed by atoms with Crippen LogP contribution in [0.1, 0.15) is 31.7 Å². The third-order valence-corrected chi connectivity index (χ3v) is 4.92. The molecule has 1 saturated heterocycles. The smallest absolute Gasteiger partial charge is 0.233 e. The van der Waals surface area contributed by atoms with E-state index in [9.17, 15) is 9.59 Å². The molecule has 5 heteroatoms. The number of nitrogens with one attached hydrogen (secondary N) is 1. The first-order valence-electron chi connectivity index (χ1n) is 9.51. The van der Waals surface area contributed by atoms with E-state index in [0.29, 0.717) is 19.0 Å². The van der Waals surface area contributed by atoms with Gasteiger partial charge in [-0.15, -0.1) is 0 Å². The number of carbonyl (C=O) groups excluding carboxylic acids is 2. The van der Waals surface area contributed by atoms with Gasteiger partial charge in [-0.05, 0) is 29.7 Å². The molecule has 2 amide bonds. The molecule has 0 aromatic heterocycles. The van der Waals surface area contributed by atoms with Crippen molar-refractivity contribution >= 4 is 23.2 Å². The molecule has 1 N–H and O–H groups in total. The fourth-order valence-corrected chi connectivity index (χ4v) is 3.41. The number of nitrogens with zero attached hydrogens (tertiary/aromatic N) is 2. The van der Waals surface area contributed by atoms with E-state index in [0.717, 1.165) is 24.3 Å². The molecule has 0 bridgehead atoms. The Hall–Kier alpha value is -2.82. The lowest BCUT2D eigenvalue weighted by molar-refractivity contribution is -0.134. The fourth-order valence-electron chi connectivity index (χ4n) is 3.41. The number of carbonyl (C=O) groups is 2. The molecule has 142 valence electrons. The summed E-state index contributed by atoms with van der Waals surface area (Å²) in [7, 11) is 0. The molecule has 27 heavy (non-hydrogen) atoms. The molecule has 0 spiro atoms. The first-order valence-corrected chi connectivity index (χ1v) is 9.51. The highest BCUT2D eigenvalue weighted by atomic mass is 16.2. The maximum absolute atomic E-state index is 12.5. The standard InChI is InChI=1S/C22H27N3O2/c1-17(2)19-10-6-7-11-20(19)23-21(26)16-22(27)25-14-12-24(13-15-25)18-8-4-3-5-9-18/h3-11,17H,12-16H2,1-2H3,(H,23,26). The highest BCUT2D eigenvalue weighted by Crippen LogP contribution is 2.24. The summed E-state index contributed by atoms with van der Waals surface area (Å²) < 4.78 is 0. The Morgan fingerprint density at radius 3 is 2.22 bits per heavy atom. The van der Waals surface area contributed by atoms with Crippen molar-refractivity contribution in [2.24, 2.45) is 0 Å². The van der Waals surface area contributed by atoms with Crippen LogP contribution in [0, 0.1) is 0 Å². The highest BCUT2D eigenvalue weighted by Gasteiger charge is 2.23. The second-order valence-corrected chi connectivity index (χ2v) is 7.17. The van der Waals surface area contributed by atoms with Gasteiger partial charge >= 0.3 is 0 Å². The Morgan fingerprint density at radius 2 is 1.56 bits per heavy atom. The van der Waals surface area contributed by atoms with Gasteiger partial charge in [0.25, 0.3) is 0 Å². The van der Waals surface area contributed by atoms with Crippen molar-refractivity contribution in [1.29, 1.82) is 0 Å². The fraction of sp³-hybridized carbons (Fsp3) is 0.364. The summed E-state index contributed by atoms with van der Waals surface area (Å²) in [5.41, 5.74) is 3.04. The quantitative estimate of drug-likeness (QED) is 0.825. The van der Waals surface area contributed by atoms with Crippen molar-refractivity contribution in [3.63, 3.8) is 0 Å². The summed E-state index contributed by atoms with van der Waals surface area (Å²) in [5, 5.41) is 2.90. The molecule has 1 fully saturated rings. The summed E-state index contributed by atoms with van der Waals surface area (Å²) in [5.74, 6) is -0.0518. The van der Waals surface area contributed by atoms with Gasteiger partial charge in [0.1, 0.15) is 6.42 Å². The van der Waals surface area contributed by atoms with Crippen LogP contribution in [0.2, 0.25) is 0 Å². The van der Waals surface area contributed by atoms with E-state index < -0.39 is 0 Å². The average Bonchev–Trinajstić information content (AvgIpc) is 2.69. The van der Waals surface area contributed by atoms with Crippen LogP contribution in [-0.4, -0.2) is 42.9 Å². The van der Waals surface area contributed by atoms with Gasteiger partial charge in [0, 0.05) is 37.6 Å². The number of hydrogen-bond acceptors (Lipinski definition) is 3. The van der Waals surface area contributed by atoms with Crippen molar-refractivity contribution in [2.75, 3.05) is 36.4 Å². The lowest BCUT2D eigenvalue weighted by Crippen LogP contribution is -2.49. The number of hydrogen-bond donors (Lipinski definition) is 1. The topological polar surface area (TPSA) is 52.7 Å². The van der Waals surface area contributed by atoms with Gasteiger partial charge in [-0.3, -0.25) is 9.59 Å². The monoisotopic (exact) mass is 365 g/mol. The molecule has 0 aliphatic carbocycles. The Morgan fingerprint density at radius 1 is 0.926 bits per heavy atom. The van der Waals surface area contributed by atoms with Crippen LogP contribution in [0.5, 0.6) is 0 Å². The Kier molecular flexibility index (Phi) is 6.12. The predicted molar refractivity (Wildman–Crippen MR) is 109 cm³/mol. The van der Waals surface area contributed by atoms with Crippen LogP contribution in [0.4, 0.5) is 11.4 Å². The first-order chi connectivity index (χ1) is 13.0. The van der Waals surface area contributed by atoms with Crippen molar-refractivity contribution < 1.29 is 9.59 Å². The molecular weight excluding hydrogens is 338 g/mol. The number of piperazine rings is 1. The van der Waals surface area contributed by atoms with Crippen LogP contribution >= 0.6 is 0 Å². The van der Waals surface area contributed by atoms with Gasteiger partial charge in [0.2, 0.25) is 11.8 Å². The SMILES string of the molecule is CC(C)c1ccccc1NC(=O)CC(=O)N1CCN(c2ccccc2)CC1. The van der Waals surface area contributed by atoms with E-state index in [4.69, 9.17) is 0 Å². The predicted octanol–water partition coefficient (Wildman–Crippen LogP) is 3.49. The van der Waals surface area contributed by atoms with Gasteiger partial charge in [-0.2, -0.15) is 0 Å². The zero-order chi connectivity index (χ0) is 19.2. The third kappa shape index (κ3) is 4.88. The molecule has 1 aliphatic heterocycles. The number of anilines is 2. The maximum atomic E-state index is 12.5. The van der Waals surface area contributed by atoms with Gasteiger partial charge < -0.3 is 15.1 Å². The van der Waals surface area contributed by atoms with Crippen LogP contribution in [0.15, 0.2) is 54.6 Å². The molecule has 0 radical (unpaired) electrons. The minimum Gasteiger partial charge on any atom is -0.368 e. The van der Waals surface area contributed by atoms with Crippen LogP contribution in [-0.2, 0) is 9.59 Å². The molecular formula is C22H27N3O2. The summed E-state index contributed by atoms with van der Waals surface area (Å²) in [4.78, 5) is 28.9.